The van der Waals surface area contributed by atoms with Gasteiger partial charge in [0.15, 0.2) is 0 Å². The molecular formula is C26H28Cl2N4O5S3. The summed E-state index contributed by atoms with van der Waals surface area (Å²) >= 11 is 13.2. The maximum atomic E-state index is 13.0. The number of anilines is 1. The summed E-state index contributed by atoms with van der Waals surface area (Å²) in [6, 6.07) is 13.2. The number of aromatic nitrogens is 1. The fourth-order valence-corrected chi connectivity index (χ4v) is 8.21. The lowest BCUT2D eigenvalue weighted by atomic mass is 10.2. The van der Waals surface area contributed by atoms with E-state index in [1.54, 1.807) is 44.2 Å². The van der Waals surface area contributed by atoms with Gasteiger partial charge in [0.25, 0.3) is 15.9 Å². The lowest BCUT2D eigenvalue weighted by Gasteiger charge is -2.25. The van der Waals surface area contributed by atoms with E-state index < -0.39 is 26.0 Å². The van der Waals surface area contributed by atoms with Gasteiger partial charge in [-0.15, -0.1) is 0 Å². The van der Waals surface area contributed by atoms with Crippen molar-refractivity contribution in [2.75, 3.05) is 17.8 Å². The van der Waals surface area contributed by atoms with E-state index >= 15 is 0 Å². The van der Waals surface area contributed by atoms with Gasteiger partial charge in [0.05, 0.1) is 9.92 Å². The number of benzene rings is 2. The van der Waals surface area contributed by atoms with E-state index in [9.17, 15) is 21.6 Å². The summed E-state index contributed by atoms with van der Waals surface area (Å²) in [6.45, 7) is 4.61. The number of pyridine rings is 1. The van der Waals surface area contributed by atoms with Gasteiger partial charge in [-0.2, -0.15) is 4.31 Å². The SMILES string of the molecule is CC(C)NC(=O)c1nc(NS(=O)(=O)c2ccc(Cl)cc2Cl)ccc1Sc1ccc(S(=O)(=O)N2CCCCC2)cc1. The number of nitrogens with one attached hydrogen (secondary N) is 2. The van der Waals surface area contributed by atoms with Gasteiger partial charge >= 0.3 is 0 Å². The number of piperidine rings is 1. The van der Waals surface area contributed by atoms with Crippen molar-refractivity contribution in [3.63, 3.8) is 0 Å². The fourth-order valence-electron chi connectivity index (χ4n) is 4.03. The molecule has 2 aromatic carbocycles. The quantitative estimate of drug-likeness (QED) is 0.309. The molecule has 0 bridgehead atoms. The van der Waals surface area contributed by atoms with E-state index in [0.29, 0.717) is 22.9 Å². The minimum Gasteiger partial charge on any atom is -0.348 e. The second-order valence-corrected chi connectivity index (χ2v) is 14.9. The van der Waals surface area contributed by atoms with E-state index in [-0.39, 0.29) is 37.4 Å². The molecule has 0 saturated carbocycles. The Bertz CT molecular complexity index is 1610. The van der Waals surface area contributed by atoms with Crippen LogP contribution in [0.3, 0.4) is 0 Å². The van der Waals surface area contributed by atoms with Crippen molar-refractivity contribution < 1.29 is 21.6 Å². The largest absolute Gasteiger partial charge is 0.348 e. The minimum absolute atomic E-state index is 0.00566. The molecule has 14 heteroatoms. The van der Waals surface area contributed by atoms with Gasteiger partial charge in [0.1, 0.15) is 16.4 Å². The number of carbonyl (C=O) groups is 1. The summed E-state index contributed by atoms with van der Waals surface area (Å²) in [4.78, 5) is 18.5. The van der Waals surface area contributed by atoms with Gasteiger partial charge in [0.2, 0.25) is 10.0 Å². The van der Waals surface area contributed by atoms with E-state index in [2.05, 4.69) is 15.0 Å². The van der Waals surface area contributed by atoms with Gasteiger partial charge in [-0.3, -0.25) is 9.52 Å². The number of halogens is 2. The Morgan fingerprint density at radius 2 is 1.62 bits per heavy atom. The molecule has 1 saturated heterocycles. The molecule has 1 fully saturated rings. The van der Waals surface area contributed by atoms with E-state index in [4.69, 9.17) is 23.2 Å². The Hall–Kier alpha value is -2.35. The molecule has 0 radical (unpaired) electrons. The van der Waals surface area contributed by atoms with Crippen LogP contribution < -0.4 is 10.0 Å². The van der Waals surface area contributed by atoms with Crippen molar-refractivity contribution in [2.24, 2.45) is 0 Å². The fraction of sp³-hybridized carbons (Fsp3) is 0.308. The molecular weight excluding hydrogens is 615 g/mol. The summed E-state index contributed by atoms with van der Waals surface area (Å²) in [5, 5.41) is 3.00. The van der Waals surface area contributed by atoms with Crippen molar-refractivity contribution >= 4 is 66.7 Å². The standard InChI is InChI=1S/C26H28Cl2N4O5S3/c1-17(2)29-26(33)25-22(11-13-24(30-25)31-39(34,35)23-12-6-18(27)16-21(23)28)38-19-7-9-20(10-8-19)40(36,37)32-14-4-3-5-15-32/h6-13,16-17H,3-5,14-15H2,1-2H3,(H,29,33)(H,30,31). The first-order valence-electron chi connectivity index (χ1n) is 12.4. The van der Waals surface area contributed by atoms with Crippen LogP contribution in [0.25, 0.3) is 0 Å². The van der Waals surface area contributed by atoms with Crippen LogP contribution in [0.15, 0.2) is 74.2 Å². The number of hydrogen-bond acceptors (Lipinski definition) is 7. The maximum Gasteiger partial charge on any atom is 0.271 e. The Morgan fingerprint density at radius 3 is 2.25 bits per heavy atom. The van der Waals surface area contributed by atoms with Crippen LogP contribution in [0.5, 0.6) is 0 Å². The molecule has 9 nitrogen and oxygen atoms in total. The highest BCUT2D eigenvalue weighted by Gasteiger charge is 2.26. The van der Waals surface area contributed by atoms with Crippen LogP contribution >= 0.6 is 35.0 Å². The molecule has 4 rings (SSSR count). The van der Waals surface area contributed by atoms with Crippen LogP contribution in [0.1, 0.15) is 43.6 Å². The van der Waals surface area contributed by atoms with Gasteiger partial charge in [0, 0.05) is 33.9 Å². The van der Waals surface area contributed by atoms with Gasteiger partial charge in [-0.1, -0.05) is 41.4 Å². The topological polar surface area (TPSA) is 126 Å². The molecule has 3 aromatic rings. The van der Waals surface area contributed by atoms with Crippen LogP contribution in [0.4, 0.5) is 5.82 Å². The monoisotopic (exact) mass is 642 g/mol. The van der Waals surface area contributed by atoms with Crippen molar-refractivity contribution in [1.29, 1.82) is 0 Å². The second-order valence-electron chi connectivity index (χ2n) is 9.39. The van der Waals surface area contributed by atoms with Crippen molar-refractivity contribution in [2.45, 2.75) is 58.7 Å². The second kappa shape index (κ2) is 12.7. The summed E-state index contributed by atoms with van der Waals surface area (Å²) in [5.74, 6) is -0.570. The third-order valence-corrected chi connectivity index (χ3v) is 11.0. The Morgan fingerprint density at radius 1 is 0.950 bits per heavy atom. The van der Waals surface area contributed by atoms with Gasteiger partial charge < -0.3 is 5.32 Å². The lowest BCUT2D eigenvalue weighted by Crippen LogP contribution is -2.35. The predicted octanol–water partition coefficient (Wildman–Crippen LogP) is 5.65. The lowest BCUT2D eigenvalue weighted by molar-refractivity contribution is 0.0935. The van der Waals surface area contributed by atoms with E-state index in [1.165, 1.54) is 40.3 Å². The van der Waals surface area contributed by atoms with Crippen LogP contribution in [-0.2, 0) is 20.0 Å². The van der Waals surface area contributed by atoms with Crippen LogP contribution in [0, 0.1) is 0 Å². The molecule has 1 aliphatic rings. The van der Waals surface area contributed by atoms with Crippen molar-refractivity contribution in [3.05, 3.63) is 70.3 Å². The summed E-state index contributed by atoms with van der Waals surface area (Å²) < 4.78 is 55.7. The normalized spacial score (nSPS) is 14.7. The van der Waals surface area contributed by atoms with Crippen molar-refractivity contribution in [3.8, 4) is 0 Å². The first-order chi connectivity index (χ1) is 18.9. The Kier molecular flexibility index (Phi) is 9.69. The zero-order valence-electron chi connectivity index (χ0n) is 21.7. The summed E-state index contributed by atoms with van der Waals surface area (Å²) in [6.07, 6.45) is 2.72. The smallest absolute Gasteiger partial charge is 0.271 e. The summed E-state index contributed by atoms with van der Waals surface area (Å²) in [7, 11) is -7.70. The molecule has 1 amide bonds. The number of rotatable bonds is 9. The molecule has 0 aliphatic carbocycles. The average molecular weight is 644 g/mol. The highest BCUT2D eigenvalue weighted by atomic mass is 35.5. The first kappa shape index (κ1) is 30.6. The number of carbonyl (C=O) groups excluding carboxylic acids is 1. The van der Waals surface area contributed by atoms with Gasteiger partial charge in [-0.25, -0.2) is 21.8 Å². The molecule has 0 unspecified atom stereocenters. The first-order valence-corrected chi connectivity index (χ1v) is 16.9. The predicted molar refractivity (Wildman–Crippen MR) is 157 cm³/mol. The molecule has 0 spiro atoms. The molecule has 1 aliphatic heterocycles. The number of amides is 1. The zero-order valence-corrected chi connectivity index (χ0v) is 25.7. The molecule has 214 valence electrons. The Balaban J connectivity index is 1.60. The minimum atomic E-state index is -4.13. The van der Waals surface area contributed by atoms with Crippen LogP contribution in [-0.4, -0.2) is 51.2 Å². The summed E-state index contributed by atoms with van der Waals surface area (Å²) in [5.41, 5.74) is 0.00566. The van der Waals surface area contributed by atoms with E-state index in [1.807, 2.05) is 0 Å². The number of hydrogen-bond donors (Lipinski definition) is 2. The molecule has 40 heavy (non-hydrogen) atoms. The van der Waals surface area contributed by atoms with Gasteiger partial charge in [-0.05, 0) is 81.3 Å². The average Bonchev–Trinajstić information content (AvgIpc) is 2.89. The number of nitrogens with zero attached hydrogens (tertiary/aromatic N) is 2. The molecule has 2 heterocycles. The number of sulfonamides is 2. The van der Waals surface area contributed by atoms with Crippen LogP contribution in [0.2, 0.25) is 10.0 Å². The molecule has 1 aromatic heterocycles. The third kappa shape index (κ3) is 7.29. The Labute approximate surface area is 248 Å². The highest BCUT2D eigenvalue weighted by Crippen LogP contribution is 2.33. The molecule has 0 atom stereocenters. The third-order valence-electron chi connectivity index (χ3n) is 5.92. The maximum absolute atomic E-state index is 13.0. The van der Waals surface area contributed by atoms with E-state index in [0.717, 1.165) is 19.3 Å². The zero-order chi connectivity index (χ0) is 29.1. The highest BCUT2D eigenvalue weighted by molar-refractivity contribution is 7.99. The molecule has 2 N–H and O–H groups in total. The van der Waals surface area contributed by atoms with Crippen molar-refractivity contribution in [1.82, 2.24) is 14.6 Å².